The first kappa shape index (κ1) is 15.3. The molecule has 0 amide bonds. The third-order valence-electron chi connectivity index (χ3n) is 3.80. The van der Waals surface area contributed by atoms with Crippen molar-refractivity contribution in [3.8, 4) is 5.75 Å². The van der Waals surface area contributed by atoms with Crippen molar-refractivity contribution in [3.05, 3.63) is 46.2 Å². The van der Waals surface area contributed by atoms with Crippen LogP contribution in [0, 0.1) is 6.92 Å². The second-order valence-electron chi connectivity index (χ2n) is 5.55. The Labute approximate surface area is 140 Å². The molecule has 0 aliphatic heterocycles. The maximum atomic E-state index is 5.64. The van der Waals surface area contributed by atoms with Crippen molar-refractivity contribution in [1.82, 2.24) is 4.90 Å². The van der Waals surface area contributed by atoms with E-state index in [1.54, 1.807) is 18.4 Å². The van der Waals surface area contributed by atoms with Crippen LogP contribution in [0.5, 0.6) is 5.75 Å². The molecule has 0 radical (unpaired) electrons. The largest absolute Gasteiger partial charge is 0.496 e. The van der Waals surface area contributed by atoms with Crippen LogP contribution >= 0.6 is 23.6 Å². The molecule has 0 unspecified atom stereocenters. The molecule has 5 heteroatoms. The molecule has 3 rings (SSSR count). The topological polar surface area (TPSA) is 24.5 Å². The third kappa shape index (κ3) is 3.59. The van der Waals surface area contributed by atoms with Crippen molar-refractivity contribution in [2.45, 2.75) is 32.4 Å². The fourth-order valence-corrected chi connectivity index (χ4v) is 3.51. The average molecular weight is 332 g/mol. The summed E-state index contributed by atoms with van der Waals surface area (Å²) >= 11 is 7.42. The fourth-order valence-electron chi connectivity index (χ4n) is 2.47. The zero-order valence-corrected chi connectivity index (χ0v) is 14.5. The Bertz CT molecular complexity index is 651. The smallest absolute Gasteiger partial charge is 0.174 e. The lowest BCUT2D eigenvalue weighted by atomic mass is 10.2. The summed E-state index contributed by atoms with van der Waals surface area (Å²) in [7, 11) is 1.69. The summed E-state index contributed by atoms with van der Waals surface area (Å²) < 4.78 is 5.30. The monoisotopic (exact) mass is 332 g/mol. The van der Waals surface area contributed by atoms with Crippen molar-refractivity contribution in [2.24, 2.45) is 0 Å². The zero-order valence-electron chi connectivity index (χ0n) is 12.8. The number of hydrogen-bond donors (Lipinski definition) is 1. The Kier molecular flexibility index (Phi) is 4.64. The second-order valence-corrected chi connectivity index (χ2v) is 6.97. The van der Waals surface area contributed by atoms with Crippen LogP contribution in [0.3, 0.4) is 0 Å². The van der Waals surface area contributed by atoms with Crippen LogP contribution < -0.4 is 10.1 Å². The number of methoxy groups -OCH3 is 1. The van der Waals surface area contributed by atoms with Crippen LogP contribution in [0.15, 0.2) is 35.7 Å². The molecule has 1 aliphatic carbocycles. The van der Waals surface area contributed by atoms with Gasteiger partial charge in [-0.1, -0.05) is 6.07 Å². The van der Waals surface area contributed by atoms with Crippen LogP contribution in [0.2, 0.25) is 0 Å². The number of anilines is 1. The van der Waals surface area contributed by atoms with E-state index < -0.39 is 0 Å². The van der Waals surface area contributed by atoms with E-state index in [9.17, 15) is 0 Å². The molecule has 0 saturated heterocycles. The molecule has 3 nitrogen and oxygen atoms in total. The highest BCUT2D eigenvalue weighted by Crippen LogP contribution is 2.30. The van der Waals surface area contributed by atoms with Gasteiger partial charge in [0.25, 0.3) is 0 Å². The van der Waals surface area contributed by atoms with Crippen molar-refractivity contribution in [3.63, 3.8) is 0 Å². The first-order chi connectivity index (χ1) is 10.7. The molecule has 0 atom stereocenters. The molecule has 0 bridgehead atoms. The average Bonchev–Trinajstić information content (AvgIpc) is 3.21. The predicted octanol–water partition coefficient (Wildman–Crippen LogP) is 4.43. The van der Waals surface area contributed by atoms with Gasteiger partial charge < -0.3 is 15.0 Å². The van der Waals surface area contributed by atoms with E-state index in [4.69, 9.17) is 17.0 Å². The van der Waals surface area contributed by atoms with Gasteiger partial charge in [-0.05, 0) is 67.2 Å². The first-order valence-corrected chi connectivity index (χ1v) is 8.71. The molecule has 1 aromatic carbocycles. The van der Waals surface area contributed by atoms with Gasteiger partial charge in [-0.25, -0.2) is 0 Å². The number of nitrogens with zero attached hydrogens (tertiary/aromatic N) is 1. The minimum atomic E-state index is 0.585. The molecule has 1 fully saturated rings. The Morgan fingerprint density at radius 3 is 2.82 bits per heavy atom. The van der Waals surface area contributed by atoms with Gasteiger partial charge in [-0.2, -0.15) is 0 Å². The Hall–Kier alpha value is -1.59. The molecule has 22 heavy (non-hydrogen) atoms. The highest BCUT2D eigenvalue weighted by molar-refractivity contribution is 7.80. The lowest BCUT2D eigenvalue weighted by Gasteiger charge is -2.25. The molecule has 1 aliphatic rings. The summed E-state index contributed by atoms with van der Waals surface area (Å²) in [5.74, 6) is 0.897. The normalized spacial score (nSPS) is 13.7. The fraction of sp³-hybridized carbons (Fsp3) is 0.353. The minimum Gasteiger partial charge on any atom is -0.496 e. The molecule has 1 heterocycles. The van der Waals surface area contributed by atoms with Crippen LogP contribution in [0.1, 0.15) is 23.3 Å². The van der Waals surface area contributed by atoms with Crippen molar-refractivity contribution in [1.29, 1.82) is 0 Å². The number of benzene rings is 1. The maximum Gasteiger partial charge on any atom is 0.174 e. The molecule has 1 aromatic heterocycles. The maximum absolute atomic E-state index is 5.64. The molecule has 116 valence electrons. The van der Waals surface area contributed by atoms with Gasteiger partial charge in [0.1, 0.15) is 5.75 Å². The van der Waals surface area contributed by atoms with Gasteiger partial charge in [0.2, 0.25) is 0 Å². The van der Waals surface area contributed by atoms with Crippen molar-refractivity contribution < 1.29 is 4.74 Å². The highest BCUT2D eigenvalue weighted by atomic mass is 32.1. The Morgan fingerprint density at radius 1 is 1.41 bits per heavy atom. The van der Waals surface area contributed by atoms with Crippen LogP contribution in [0.4, 0.5) is 5.69 Å². The molecular weight excluding hydrogens is 312 g/mol. The predicted molar refractivity (Wildman–Crippen MR) is 96.8 cm³/mol. The number of thiocarbonyl (C=S) groups is 1. The summed E-state index contributed by atoms with van der Waals surface area (Å²) in [6, 6.07) is 10.9. The Morgan fingerprint density at radius 2 is 2.23 bits per heavy atom. The molecule has 0 spiro atoms. The minimum absolute atomic E-state index is 0.585. The molecule has 1 saturated carbocycles. The summed E-state index contributed by atoms with van der Waals surface area (Å²) in [6.45, 7) is 2.93. The summed E-state index contributed by atoms with van der Waals surface area (Å²) in [5.41, 5.74) is 2.12. The molecular formula is C17H20N2OS2. The number of thiophene rings is 1. The molecule has 1 N–H and O–H groups in total. The van der Waals surface area contributed by atoms with E-state index in [2.05, 4.69) is 33.8 Å². The van der Waals surface area contributed by atoms with Crippen LogP contribution in [0.25, 0.3) is 0 Å². The number of ether oxygens (including phenoxy) is 1. The van der Waals surface area contributed by atoms with Gasteiger partial charge >= 0.3 is 0 Å². The van der Waals surface area contributed by atoms with Crippen LogP contribution in [-0.4, -0.2) is 23.2 Å². The number of nitrogens with one attached hydrogen (secondary N) is 1. The van der Waals surface area contributed by atoms with Gasteiger partial charge in [-0.3, -0.25) is 0 Å². The quantitative estimate of drug-likeness (QED) is 0.819. The van der Waals surface area contributed by atoms with E-state index in [1.165, 1.54) is 17.7 Å². The van der Waals surface area contributed by atoms with E-state index >= 15 is 0 Å². The van der Waals surface area contributed by atoms with Gasteiger partial charge in [0.15, 0.2) is 5.11 Å². The van der Waals surface area contributed by atoms with Crippen molar-refractivity contribution in [2.75, 3.05) is 12.4 Å². The van der Waals surface area contributed by atoms with E-state index in [-0.39, 0.29) is 0 Å². The lowest BCUT2D eigenvalue weighted by molar-refractivity contribution is 0.411. The lowest BCUT2D eigenvalue weighted by Crippen LogP contribution is -2.35. The number of aryl methyl sites for hydroxylation is 1. The SMILES string of the molecule is COc1ccc(NC(=S)N(Cc2cccs2)C2CC2)cc1C. The first-order valence-electron chi connectivity index (χ1n) is 7.42. The third-order valence-corrected chi connectivity index (χ3v) is 5.00. The van der Waals surface area contributed by atoms with Gasteiger partial charge in [-0.15, -0.1) is 11.3 Å². The second kappa shape index (κ2) is 6.67. The van der Waals surface area contributed by atoms with Crippen molar-refractivity contribution >= 4 is 34.4 Å². The summed E-state index contributed by atoms with van der Waals surface area (Å²) in [6.07, 6.45) is 2.46. The van der Waals surface area contributed by atoms with E-state index in [1.807, 2.05) is 19.1 Å². The van der Waals surface area contributed by atoms with Crippen LogP contribution in [-0.2, 0) is 6.54 Å². The summed E-state index contributed by atoms with van der Waals surface area (Å²) in [5, 5.41) is 6.30. The highest BCUT2D eigenvalue weighted by Gasteiger charge is 2.31. The number of rotatable bonds is 5. The summed E-state index contributed by atoms with van der Waals surface area (Å²) in [4.78, 5) is 3.66. The zero-order chi connectivity index (χ0) is 15.5. The van der Waals surface area contributed by atoms with E-state index in [0.29, 0.717) is 6.04 Å². The number of hydrogen-bond acceptors (Lipinski definition) is 3. The standard InChI is InChI=1S/C17H20N2OS2/c1-12-10-13(5-8-16(12)20-2)18-17(21)19(14-6-7-14)11-15-4-3-9-22-15/h3-5,8-10,14H,6-7,11H2,1-2H3,(H,18,21). The Balaban J connectivity index is 1.69. The van der Waals surface area contributed by atoms with Gasteiger partial charge in [0, 0.05) is 16.6 Å². The molecule has 2 aromatic rings. The van der Waals surface area contributed by atoms with E-state index in [0.717, 1.165) is 28.7 Å². The van der Waals surface area contributed by atoms with Gasteiger partial charge in [0.05, 0.1) is 13.7 Å².